The van der Waals surface area contributed by atoms with E-state index in [4.69, 9.17) is 9.15 Å². The maximum Gasteiger partial charge on any atom is 0.338 e. The van der Waals surface area contributed by atoms with Gasteiger partial charge in [0.05, 0.1) is 12.2 Å². The third-order valence-corrected chi connectivity index (χ3v) is 3.05. The highest BCUT2D eigenvalue weighted by molar-refractivity contribution is 6.02. The number of nitrogens with one attached hydrogen (secondary N) is 1. The van der Waals surface area contributed by atoms with Gasteiger partial charge in [-0.25, -0.2) is 4.79 Å². The lowest BCUT2D eigenvalue weighted by Crippen LogP contribution is -2.11. The topological polar surface area (TPSA) is 68.5 Å². The summed E-state index contributed by atoms with van der Waals surface area (Å²) in [6.07, 6.45) is 1.52. The lowest BCUT2D eigenvalue weighted by Gasteiger charge is -2.05. The molecule has 116 valence electrons. The van der Waals surface area contributed by atoms with Crippen LogP contribution in [0.5, 0.6) is 0 Å². The summed E-state index contributed by atoms with van der Waals surface area (Å²) in [6, 6.07) is 9.97. The lowest BCUT2D eigenvalue weighted by atomic mass is 10.2. The van der Waals surface area contributed by atoms with E-state index in [1.54, 1.807) is 36.4 Å². The molecule has 0 saturated carbocycles. The summed E-state index contributed by atoms with van der Waals surface area (Å²) < 4.78 is 10.4. The maximum absolute atomic E-state index is 12.0. The standard InChI is InChI=1S/C17H19NO4/c1-3-11-21-17(20)12-5-7-13(8-6-12)18-16(19)15-10-9-14(4-2)22-15/h5-10H,3-4,11H2,1-2H3,(H,18,19). The normalized spacial score (nSPS) is 10.3. The minimum absolute atomic E-state index is 0.267. The van der Waals surface area contributed by atoms with E-state index < -0.39 is 0 Å². The number of esters is 1. The molecule has 0 aliphatic heterocycles. The van der Waals surface area contributed by atoms with Crippen molar-refractivity contribution in [3.05, 3.63) is 53.5 Å². The predicted octanol–water partition coefficient (Wildman–Crippen LogP) is 3.66. The zero-order valence-corrected chi connectivity index (χ0v) is 12.7. The van der Waals surface area contributed by atoms with Crippen molar-refractivity contribution in [3.63, 3.8) is 0 Å². The van der Waals surface area contributed by atoms with Gasteiger partial charge < -0.3 is 14.5 Å². The molecule has 1 heterocycles. The fraction of sp³-hybridized carbons (Fsp3) is 0.294. The van der Waals surface area contributed by atoms with Crippen LogP contribution in [0.1, 0.15) is 46.9 Å². The Morgan fingerprint density at radius 3 is 2.41 bits per heavy atom. The van der Waals surface area contributed by atoms with Crippen molar-refractivity contribution in [2.45, 2.75) is 26.7 Å². The Kier molecular flexibility index (Phi) is 5.36. The Hall–Kier alpha value is -2.56. The summed E-state index contributed by atoms with van der Waals surface area (Å²) in [5, 5.41) is 2.72. The first-order valence-corrected chi connectivity index (χ1v) is 7.31. The smallest absolute Gasteiger partial charge is 0.338 e. The van der Waals surface area contributed by atoms with E-state index in [-0.39, 0.29) is 17.6 Å². The monoisotopic (exact) mass is 301 g/mol. The second-order valence-corrected chi connectivity index (χ2v) is 4.79. The van der Waals surface area contributed by atoms with Crippen LogP contribution >= 0.6 is 0 Å². The molecule has 1 amide bonds. The van der Waals surface area contributed by atoms with Crippen LogP contribution in [0.25, 0.3) is 0 Å². The van der Waals surface area contributed by atoms with Crippen LogP contribution in [-0.4, -0.2) is 18.5 Å². The van der Waals surface area contributed by atoms with Gasteiger partial charge in [0.1, 0.15) is 5.76 Å². The number of carbonyl (C=O) groups is 2. The number of hydrogen-bond acceptors (Lipinski definition) is 4. The molecule has 0 saturated heterocycles. The summed E-state index contributed by atoms with van der Waals surface area (Å²) in [5.41, 5.74) is 1.05. The molecule has 0 radical (unpaired) electrons. The van der Waals surface area contributed by atoms with Crippen LogP contribution in [0.2, 0.25) is 0 Å². The van der Waals surface area contributed by atoms with E-state index in [1.807, 2.05) is 13.8 Å². The molecule has 0 unspecified atom stereocenters. The Morgan fingerprint density at radius 2 is 1.82 bits per heavy atom. The van der Waals surface area contributed by atoms with Gasteiger partial charge >= 0.3 is 5.97 Å². The van der Waals surface area contributed by atoms with Crippen molar-refractivity contribution in [1.29, 1.82) is 0 Å². The molecular weight excluding hydrogens is 282 g/mol. The zero-order chi connectivity index (χ0) is 15.9. The third-order valence-electron chi connectivity index (χ3n) is 3.05. The van der Waals surface area contributed by atoms with Crippen molar-refractivity contribution >= 4 is 17.6 Å². The maximum atomic E-state index is 12.0. The number of hydrogen-bond donors (Lipinski definition) is 1. The third kappa shape index (κ3) is 3.97. The van der Waals surface area contributed by atoms with Gasteiger partial charge in [0.25, 0.3) is 5.91 Å². The minimum atomic E-state index is -0.363. The number of benzene rings is 1. The molecule has 0 spiro atoms. The van der Waals surface area contributed by atoms with Crippen molar-refractivity contribution < 1.29 is 18.7 Å². The number of furan rings is 1. The van der Waals surface area contributed by atoms with Crippen molar-refractivity contribution in [3.8, 4) is 0 Å². The molecule has 2 aromatic rings. The molecular formula is C17H19NO4. The quantitative estimate of drug-likeness (QED) is 0.827. The first-order chi connectivity index (χ1) is 10.6. The molecule has 1 aromatic carbocycles. The number of aryl methyl sites for hydroxylation is 1. The highest BCUT2D eigenvalue weighted by Gasteiger charge is 2.12. The molecule has 5 nitrogen and oxygen atoms in total. The first kappa shape index (κ1) is 15.8. The van der Waals surface area contributed by atoms with Crippen LogP contribution in [0.3, 0.4) is 0 Å². The molecule has 0 aliphatic rings. The van der Waals surface area contributed by atoms with Crippen LogP contribution < -0.4 is 5.32 Å². The van der Waals surface area contributed by atoms with Gasteiger partial charge in [0, 0.05) is 12.1 Å². The van der Waals surface area contributed by atoms with E-state index in [1.165, 1.54) is 0 Å². The van der Waals surface area contributed by atoms with Crippen molar-refractivity contribution in [1.82, 2.24) is 0 Å². The van der Waals surface area contributed by atoms with Crippen molar-refractivity contribution in [2.75, 3.05) is 11.9 Å². The van der Waals surface area contributed by atoms with Crippen LogP contribution in [0.15, 0.2) is 40.8 Å². The van der Waals surface area contributed by atoms with Gasteiger partial charge in [-0.15, -0.1) is 0 Å². The Morgan fingerprint density at radius 1 is 1.09 bits per heavy atom. The molecule has 1 aromatic heterocycles. The summed E-state index contributed by atoms with van der Waals surface area (Å²) in [7, 11) is 0. The summed E-state index contributed by atoms with van der Waals surface area (Å²) >= 11 is 0. The highest BCUT2D eigenvalue weighted by atomic mass is 16.5. The van der Waals surface area contributed by atoms with Crippen molar-refractivity contribution in [2.24, 2.45) is 0 Å². The molecule has 0 bridgehead atoms. The number of carbonyl (C=O) groups excluding carboxylic acids is 2. The van der Waals surface area contributed by atoms with Crippen LogP contribution in [0.4, 0.5) is 5.69 Å². The van der Waals surface area contributed by atoms with E-state index in [2.05, 4.69) is 5.32 Å². The fourth-order valence-corrected chi connectivity index (χ4v) is 1.85. The Bertz CT molecular complexity index is 643. The predicted molar refractivity (Wildman–Crippen MR) is 83.1 cm³/mol. The van der Waals surface area contributed by atoms with Gasteiger partial charge in [0.2, 0.25) is 0 Å². The molecule has 22 heavy (non-hydrogen) atoms. The van der Waals surface area contributed by atoms with Gasteiger partial charge in [-0.05, 0) is 42.8 Å². The minimum Gasteiger partial charge on any atom is -0.462 e. The first-order valence-electron chi connectivity index (χ1n) is 7.31. The Labute approximate surface area is 129 Å². The van der Waals surface area contributed by atoms with Crippen LogP contribution in [-0.2, 0) is 11.2 Å². The highest BCUT2D eigenvalue weighted by Crippen LogP contribution is 2.14. The van der Waals surface area contributed by atoms with Gasteiger partial charge in [-0.1, -0.05) is 13.8 Å². The number of ether oxygens (including phenoxy) is 1. The molecule has 0 fully saturated rings. The van der Waals surface area contributed by atoms with E-state index in [9.17, 15) is 9.59 Å². The van der Waals surface area contributed by atoms with E-state index in [0.29, 0.717) is 17.9 Å². The number of amides is 1. The SMILES string of the molecule is CCCOC(=O)c1ccc(NC(=O)c2ccc(CC)o2)cc1. The van der Waals surface area contributed by atoms with Gasteiger partial charge in [-0.3, -0.25) is 4.79 Å². The average Bonchev–Trinajstić information content (AvgIpc) is 3.02. The Balaban J connectivity index is 1.98. The summed E-state index contributed by atoms with van der Waals surface area (Å²) in [4.78, 5) is 23.7. The number of rotatable bonds is 6. The number of anilines is 1. The lowest BCUT2D eigenvalue weighted by molar-refractivity contribution is 0.0505. The molecule has 0 aliphatic carbocycles. The molecule has 0 atom stereocenters. The zero-order valence-electron chi connectivity index (χ0n) is 12.7. The fourth-order valence-electron chi connectivity index (χ4n) is 1.85. The molecule has 5 heteroatoms. The van der Waals surface area contributed by atoms with Crippen LogP contribution in [0, 0.1) is 0 Å². The van der Waals surface area contributed by atoms with Gasteiger partial charge in [-0.2, -0.15) is 0 Å². The molecule has 1 N–H and O–H groups in total. The summed E-state index contributed by atoms with van der Waals surface area (Å²) in [6.45, 7) is 4.29. The average molecular weight is 301 g/mol. The largest absolute Gasteiger partial charge is 0.462 e. The van der Waals surface area contributed by atoms with Gasteiger partial charge in [0.15, 0.2) is 5.76 Å². The summed E-state index contributed by atoms with van der Waals surface area (Å²) in [5.74, 6) is 0.349. The molecule has 2 rings (SSSR count). The van der Waals surface area contributed by atoms with E-state index >= 15 is 0 Å². The second-order valence-electron chi connectivity index (χ2n) is 4.79. The van der Waals surface area contributed by atoms with E-state index in [0.717, 1.165) is 18.6 Å². The second kappa shape index (κ2) is 7.45.